The van der Waals surface area contributed by atoms with Crippen LogP contribution >= 0.6 is 12.4 Å². The van der Waals surface area contributed by atoms with Crippen molar-refractivity contribution in [2.45, 2.75) is 12.8 Å². The summed E-state index contributed by atoms with van der Waals surface area (Å²) in [6.07, 6.45) is 3.67. The van der Waals surface area contributed by atoms with Gasteiger partial charge in [-0.25, -0.2) is 4.98 Å². The number of carbonyl (C=O) groups is 1. The zero-order valence-electron chi connectivity index (χ0n) is 13.2. The molecule has 0 spiro atoms. The Balaban J connectivity index is 0.00000192. The van der Waals surface area contributed by atoms with Crippen molar-refractivity contribution in [3.63, 3.8) is 0 Å². The minimum Gasteiger partial charge on any atom is -0.444 e. The molecule has 1 unspecified atom stereocenters. The maximum atomic E-state index is 12.6. The third-order valence-corrected chi connectivity index (χ3v) is 4.04. The molecule has 0 aliphatic carbocycles. The molecule has 23 heavy (non-hydrogen) atoms. The Kier molecular flexibility index (Phi) is 6.19. The highest BCUT2D eigenvalue weighted by Gasteiger charge is 2.26. The zero-order valence-corrected chi connectivity index (χ0v) is 14.0. The average molecular weight is 336 g/mol. The van der Waals surface area contributed by atoms with Crippen LogP contribution in [0.4, 0.5) is 0 Å². The summed E-state index contributed by atoms with van der Waals surface area (Å²) in [7, 11) is 1.95. The molecule has 1 saturated heterocycles. The number of halogens is 1. The molecular weight excluding hydrogens is 314 g/mol. The number of likely N-dealkylation sites (tertiary alicyclic amines) is 1. The predicted octanol–water partition coefficient (Wildman–Crippen LogP) is 2.84. The molecule has 3 rings (SSSR count). The molecule has 1 aromatic heterocycles. The van der Waals surface area contributed by atoms with Gasteiger partial charge in [0.25, 0.3) is 5.91 Å². The lowest BCUT2D eigenvalue weighted by molar-refractivity contribution is 0.0668. The highest BCUT2D eigenvalue weighted by atomic mass is 35.5. The largest absolute Gasteiger partial charge is 0.444 e. The summed E-state index contributed by atoms with van der Waals surface area (Å²) in [5, 5.41) is 3.19. The van der Waals surface area contributed by atoms with Crippen molar-refractivity contribution in [1.82, 2.24) is 15.2 Å². The molecule has 1 atom stereocenters. The van der Waals surface area contributed by atoms with Crippen LogP contribution in [0.5, 0.6) is 0 Å². The first-order valence-corrected chi connectivity index (χ1v) is 7.72. The molecule has 0 radical (unpaired) electrons. The van der Waals surface area contributed by atoms with Crippen LogP contribution in [0.2, 0.25) is 0 Å². The maximum Gasteiger partial charge on any atom is 0.275 e. The molecule has 1 aliphatic heterocycles. The van der Waals surface area contributed by atoms with E-state index in [1.54, 1.807) is 0 Å². The molecule has 1 aliphatic rings. The highest BCUT2D eigenvalue weighted by Crippen LogP contribution is 2.21. The topological polar surface area (TPSA) is 58.4 Å². The first-order chi connectivity index (χ1) is 10.8. The van der Waals surface area contributed by atoms with Gasteiger partial charge in [-0.15, -0.1) is 12.4 Å². The van der Waals surface area contributed by atoms with Crippen LogP contribution in [0.25, 0.3) is 11.5 Å². The summed E-state index contributed by atoms with van der Waals surface area (Å²) in [6.45, 7) is 2.53. The number of rotatable bonds is 4. The molecule has 0 bridgehead atoms. The minimum absolute atomic E-state index is 0. The SMILES string of the molecule is CNCC1CCCN(C(=O)c2coc(-c3ccccc3)n2)C1.Cl. The molecule has 1 fully saturated rings. The van der Waals surface area contributed by atoms with Crippen LogP contribution in [0.15, 0.2) is 41.0 Å². The third kappa shape index (κ3) is 4.12. The fraction of sp³-hybridized carbons (Fsp3) is 0.412. The molecule has 1 amide bonds. The van der Waals surface area contributed by atoms with Crippen LogP contribution in [0, 0.1) is 5.92 Å². The van der Waals surface area contributed by atoms with Gasteiger partial charge < -0.3 is 14.6 Å². The Morgan fingerprint density at radius 1 is 1.39 bits per heavy atom. The van der Waals surface area contributed by atoms with Gasteiger partial charge in [0.1, 0.15) is 6.26 Å². The van der Waals surface area contributed by atoms with E-state index in [1.807, 2.05) is 42.3 Å². The van der Waals surface area contributed by atoms with E-state index in [9.17, 15) is 4.79 Å². The number of nitrogens with zero attached hydrogens (tertiary/aromatic N) is 2. The van der Waals surface area contributed by atoms with E-state index >= 15 is 0 Å². The van der Waals surface area contributed by atoms with Crippen molar-refractivity contribution in [2.24, 2.45) is 5.92 Å². The van der Waals surface area contributed by atoms with Crippen LogP contribution in [0.1, 0.15) is 23.3 Å². The molecule has 1 aromatic carbocycles. The quantitative estimate of drug-likeness (QED) is 0.933. The van der Waals surface area contributed by atoms with Gasteiger partial charge in [0.2, 0.25) is 5.89 Å². The maximum absolute atomic E-state index is 12.6. The fourth-order valence-corrected chi connectivity index (χ4v) is 2.95. The Hall–Kier alpha value is -1.85. The number of amides is 1. The second-order valence-corrected chi connectivity index (χ2v) is 5.72. The van der Waals surface area contributed by atoms with E-state index in [4.69, 9.17) is 4.42 Å². The third-order valence-electron chi connectivity index (χ3n) is 4.04. The van der Waals surface area contributed by atoms with Crippen LogP contribution in [0.3, 0.4) is 0 Å². The summed E-state index contributed by atoms with van der Waals surface area (Å²) < 4.78 is 5.47. The van der Waals surface area contributed by atoms with Crippen molar-refractivity contribution in [2.75, 3.05) is 26.7 Å². The van der Waals surface area contributed by atoms with E-state index in [1.165, 1.54) is 12.7 Å². The Labute approximate surface area is 142 Å². The Bertz CT molecular complexity index is 628. The fourth-order valence-electron chi connectivity index (χ4n) is 2.95. The standard InChI is InChI=1S/C17H21N3O2.ClH/c1-18-10-13-6-5-9-20(11-13)17(21)15-12-22-16(19-15)14-7-3-2-4-8-14;/h2-4,7-8,12-13,18H,5-6,9-11H2,1H3;1H. The normalized spacial score (nSPS) is 17.6. The van der Waals surface area contributed by atoms with Gasteiger partial charge in [-0.3, -0.25) is 4.79 Å². The summed E-state index contributed by atoms with van der Waals surface area (Å²) >= 11 is 0. The summed E-state index contributed by atoms with van der Waals surface area (Å²) in [4.78, 5) is 18.8. The molecular formula is C17H22ClN3O2. The van der Waals surface area contributed by atoms with Crippen molar-refractivity contribution < 1.29 is 9.21 Å². The number of oxazole rings is 1. The van der Waals surface area contributed by atoms with E-state index in [0.717, 1.165) is 31.6 Å². The van der Waals surface area contributed by atoms with Gasteiger partial charge in [0.05, 0.1) is 0 Å². The molecule has 5 nitrogen and oxygen atoms in total. The second kappa shape index (κ2) is 8.13. The number of hydrogen-bond donors (Lipinski definition) is 1. The van der Waals surface area contributed by atoms with Crippen molar-refractivity contribution in [3.8, 4) is 11.5 Å². The highest BCUT2D eigenvalue weighted by molar-refractivity contribution is 5.92. The van der Waals surface area contributed by atoms with Gasteiger partial charge in [-0.1, -0.05) is 18.2 Å². The Morgan fingerprint density at radius 3 is 2.91 bits per heavy atom. The first kappa shape index (κ1) is 17.5. The monoisotopic (exact) mass is 335 g/mol. The average Bonchev–Trinajstić information content (AvgIpc) is 3.05. The number of carbonyl (C=O) groups excluding carboxylic acids is 1. The van der Waals surface area contributed by atoms with E-state index in [-0.39, 0.29) is 18.3 Å². The molecule has 0 saturated carbocycles. The number of nitrogens with one attached hydrogen (secondary N) is 1. The van der Waals surface area contributed by atoms with Gasteiger partial charge in [-0.2, -0.15) is 0 Å². The van der Waals surface area contributed by atoms with Crippen molar-refractivity contribution >= 4 is 18.3 Å². The summed E-state index contributed by atoms with van der Waals surface area (Å²) in [5.41, 5.74) is 1.28. The van der Waals surface area contributed by atoms with Crippen molar-refractivity contribution in [1.29, 1.82) is 0 Å². The lowest BCUT2D eigenvalue weighted by atomic mass is 9.98. The van der Waals surface area contributed by atoms with Gasteiger partial charge in [-0.05, 0) is 44.5 Å². The van der Waals surface area contributed by atoms with E-state index in [2.05, 4.69) is 10.3 Å². The number of aromatic nitrogens is 1. The second-order valence-electron chi connectivity index (χ2n) is 5.72. The molecule has 1 N–H and O–H groups in total. The number of benzene rings is 1. The van der Waals surface area contributed by atoms with Crippen molar-refractivity contribution in [3.05, 3.63) is 42.3 Å². The smallest absolute Gasteiger partial charge is 0.275 e. The molecule has 6 heteroatoms. The van der Waals surface area contributed by atoms with Crippen LogP contribution < -0.4 is 5.32 Å². The first-order valence-electron chi connectivity index (χ1n) is 7.72. The number of piperidine rings is 1. The lowest BCUT2D eigenvalue weighted by Gasteiger charge is -2.32. The van der Waals surface area contributed by atoms with E-state index in [0.29, 0.717) is 17.5 Å². The van der Waals surface area contributed by atoms with E-state index < -0.39 is 0 Å². The van der Waals surface area contributed by atoms with Gasteiger partial charge >= 0.3 is 0 Å². The number of hydrogen-bond acceptors (Lipinski definition) is 4. The molecule has 2 aromatic rings. The molecule has 124 valence electrons. The lowest BCUT2D eigenvalue weighted by Crippen LogP contribution is -2.42. The van der Waals surface area contributed by atoms with Gasteiger partial charge in [0, 0.05) is 18.7 Å². The molecule has 2 heterocycles. The van der Waals surface area contributed by atoms with Gasteiger partial charge in [0.15, 0.2) is 5.69 Å². The summed E-state index contributed by atoms with van der Waals surface area (Å²) in [6, 6.07) is 9.63. The minimum atomic E-state index is -0.0354. The predicted molar refractivity (Wildman–Crippen MR) is 91.7 cm³/mol. The van der Waals surface area contributed by atoms with Crippen LogP contribution in [-0.2, 0) is 0 Å². The Morgan fingerprint density at radius 2 is 2.17 bits per heavy atom. The van der Waals surface area contributed by atoms with Crippen LogP contribution in [-0.4, -0.2) is 42.5 Å². The summed E-state index contributed by atoms with van der Waals surface area (Å²) in [5.74, 6) is 0.975. The zero-order chi connectivity index (χ0) is 15.4.